The fraction of sp³-hybridized carbons (Fsp3) is 0.188. The molecular formula is C16H11N5O2S. The van der Waals surface area contributed by atoms with Gasteiger partial charge in [0.25, 0.3) is 5.91 Å². The number of ether oxygens (including phenoxy) is 1. The zero-order valence-electron chi connectivity index (χ0n) is 12.4. The van der Waals surface area contributed by atoms with E-state index in [9.17, 15) is 4.79 Å². The molecule has 0 radical (unpaired) electrons. The number of nitriles is 1. The van der Waals surface area contributed by atoms with Gasteiger partial charge < -0.3 is 9.64 Å². The van der Waals surface area contributed by atoms with Crippen LogP contribution in [0.25, 0.3) is 11.0 Å². The molecule has 0 bridgehead atoms. The molecular weight excluding hydrogens is 326 g/mol. The third-order valence-corrected chi connectivity index (χ3v) is 4.34. The van der Waals surface area contributed by atoms with Gasteiger partial charge in [0, 0.05) is 17.8 Å². The lowest BCUT2D eigenvalue weighted by molar-refractivity contribution is 0.0160. The fourth-order valence-corrected chi connectivity index (χ4v) is 3.01. The minimum atomic E-state index is -0.111. The topological polar surface area (TPSA) is 92.0 Å². The minimum Gasteiger partial charge on any atom is -0.471 e. The van der Waals surface area contributed by atoms with Crippen molar-refractivity contribution in [2.75, 3.05) is 13.1 Å². The van der Waals surface area contributed by atoms with Crippen molar-refractivity contribution in [3.63, 3.8) is 0 Å². The van der Waals surface area contributed by atoms with Crippen molar-refractivity contribution in [2.45, 2.75) is 6.10 Å². The minimum absolute atomic E-state index is 0.0523. The molecule has 1 fully saturated rings. The van der Waals surface area contributed by atoms with E-state index in [2.05, 4.69) is 13.7 Å². The third kappa shape index (κ3) is 2.66. The zero-order valence-corrected chi connectivity index (χ0v) is 13.2. The zero-order chi connectivity index (χ0) is 16.5. The molecule has 24 heavy (non-hydrogen) atoms. The number of hydrogen-bond acceptors (Lipinski definition) is 7. The van der Waals surface area contributed by atoms with E-state index in [0.29, 0.717) is 30.1 Å². The Bertz CT molecular complexity index is 958. The number of likely N-dealkylation sites (tertiary alicyclic amines) is 1. The van der Waals surface area contributed by atoms with Gasteiger partial charge in [-0.3, -0.25) is 4.79 Å². The summed E-state index contributed by atoms with van der Waals surface area (Å²) in [6, 6.07) is 10.6. The maximum absolute atomic E-state index is 12.5. The summed E-state index contributed by atoms with van der Waals surface area (Å²) in [6.07, 6.45) is 1.42. The lowest BCUT2D eigenvalue weighted by atomic mass is 10.1. The first-order valence-corrected chi connectivity index (χ1v) is 8.00. The van der Waals surface area contributed by atoms with Crippen molar-refractivity contribution in [3.8, 4) is 11.9 Å². The molecule has 3 heterocycles. The van der Waals surface area contributed by atoms with Gasteiger partial charge in [-0.2, -0.15) is 14.0 Å². The lowest BCUT2D eigenvalue weighted by Gasteiger charge is -2.38. The van der Waals surface area contributed by atoms with E-state index in [1.54, 1.807) is 35.2 Å². The normalized spacial score (nSPS) is 14.2. The van der Waals surface area contributed by atoms with Crippen LogP contribution in [0.3, 0.4) is 0 Å². The number of benzene rings is 1. The summed E-state index contributed by atoms with van der Waals surface area (Å²) in [7, 11) is 0. The van der Waals surface area contributed by atoms with Crippen LogP contribution in [0.5, 0.6) is 5.88 Å². The Kier molecular flexibility index (Phi) is 3.55. The van der Waals surface area contributed by atoms with Crippen molar-refractivity contribution >= 4 is 28.7 Å². The second kappa shape index (κ2) is 5.86. The summed E-state index contributed by atoms with van der Waals surface area (Å²) in [5, 5.41) is 8.87. The molecule has 1 aromatic carbocycles. The highest BCUT2D eigenvalue weighted by Crippen LogP contribution is 2.21. The quantitative estimate of drug-likeness (QED) is 0.724. The third-order valence-electron chi connectivity index (χ3n) is 3.79. The Labute approximate surface area is 141 Å². The van der Waals surface area contributed by atoms with Crippen molar-refractivity contribution < 1.29 is 9.53 Å². The SMILES string of the molecule is N#Cc1ccnc(OC2CN(C(=O)c3ccc4nsnc4c3)C2)c1. The molecule has 3 aromatic rings. The van der Waals surface area contributed by atoms with Crippen LogP contribution < -0.4 is 4.74 Å². The summed E-state index contributed by atoms with van der Waals surface area (Å²) < 4.78 is 14.0. The molecule has 0 spiro atoms. The molecule has 1 amide bonds. The van der Waals surface area contributed by atoms with Crippen LogP contribution in [0.15, 0.2) is 36.5 Å². The summed E-state index contributed by atoms with van der Waals surface area (Å²) >= 11 is 1.13. The molecule has 2 aromatic heterocycles. The van der Waals surface area contributed by atoms with Gasteiger partial charge in [-0.25, -0.2) is 4.98 Å². The monoisotopic (exact) mass is 337 g/mol. The van der Waals surface area contributed by atoms with Gasteiger partial charge in [0.1, 0.15) is 17.1 Å². The van der Waals surface area contributed by atoms with Crippen molar-refractivity contribution in [2.24, 2.45) is 0 Å². The number of nitrogens with zero attached hydrogens (tertiary/aromatic N) is 5. The Morgan fingerprint density at radius 3 is 2.92 bits per heavy atom. The predicted octanol–water partition coefficient (Wildman–Crippen LogP) is 1.86. The molecule has 118 valence electrons. The van der Waals surface area contributed by atoms with Crippen LogP contribution in [0.4, 0.5) is 0 Å². The maximum atomic E-state index is 12.5. The number of carbonyl (C=O) groups excluding carboxylic acids is 1. The average molecular weight is 337 g/mol. The molecule has 0 N–H and O–H groups in total. The van der Waals surface area contributed by atoms with E-state index < -0.39 is 0 Å². The first-order chi connectivity index (χ1) is 11.7. The van der Waals surface area contributed by atoms with Gasteiger partial charge in [-0.1, -0.05) is 0 Å². The van der Waals surface area contributed by atoms with Crippen molar-refractivity contribution in [1.29, 1.82) is 5.26 Å². The Morgan fingerprint density at radius 1 is 1.25 bits per heavy atom. The summed E-state index contributed by atoms with van der Waals surface area (Å²) in [5.41, 5.74) is 2.62. The Morgan fingerprint density at radius 2 is 2.08 bits per heavy atom. The second-order valence-corrected chi connectivity index (χ2v) is 5.94. The van der Waals surface area contributed by atoms with Crippen LogP contribution in [0.2, 0.25) is 0 Å². The molecule has 8 heteroatoms. The molecule has 0 saturated carbocycles. The average Bonchev–Trinajstić information content (AvgIpc) is 3.05. The fourth-order valence-electron chi connectivity index (χ4n) is 2.49. The first kappa shape index (κ1) is 14.5. The predicted molar refractivity (Wildman–Crippen MR) is 86.7 cm³/mol. The van der Waals surface area contributed by atoms with Gasteiger partial charge >= 0.3 is 0 Å². The smallest absolute Gasteiger partial charge is 0.254 e. The Hall–Kier alpha value is -3.05. The highest BCUT2D eigenvalue weighted by molar-refractivity contribution is 7.00. The largest absolute Gasteiger partial charge is 0.471 e. The second-order valence-electron chi connectivity index (χ2n) is 5.41. The van der Waals surface area contributed by atoms with Crippen LogP contribution in [-0.2, 0) is 0 Å². The van der Waals surface area contributed by atoms with Gasteiger partial charge in [0.05, 0.1) is 36.5 Å². The van der Waals surface area contributed by atoms with Crippen LogP contribution >= 0.6 is 11.7 Å². The standard InChI is InChI=1S/C16H11N5O2S/c17-7-10-3-4-18-15(5-10)23-12-8-21(9-12)16(22)11-1-2-13-14(6-11)20-24-19-13/h1-6,12H,8-9H2. The number of pyridine rings is 1. The molecule has 0 unspecified atom stereocenters. The number of rotatable bonds is 3. The van der Waals surface area contributed by atoms with Gasteiger partial charge in [-0.15, -0.1) is 0 Å². The van der Waals surface area contributed by atoms with E-state index in [1.807, 2.05) is 6.07 Å². The number of amides is 1. The van der Waals surface area contributed by atoms with E-state index in [4.69, 9.17) is 10.00 Å². The number of hydrogen-bond donors (Lipinski definition) is 0. The van der Waals surface area contributed by atoms with Gasteiger partial charge in [0.2, 0.25) is 5.88 Å². The molecule has 7 nitrogen and oxygen atoms in total. The molecule has 0 aliphatic carbocycles. The van der Waals surface area contributed by atoms with Crippen molar-refractivity contribution in [3.05, 3.63) is 47.7 Å². The highest BCUT2D eigenvalue weighted by Gasteiger charge is 2.33. The molecule has 1 aliphatic heterocycles. The molecule has 1 saturated heterocycles. The van der Waals surface area contributed by atoms with E-state index in [1.165, 1.54) is 6.20 Å². The number of fused-ring (bicyclic) bond motifs is 1. The highest BCUT2D eigenvalue weighted by atomic mass is 32.1. The van der Waals surface area contributed by atoms with Crippen molar-refractivity contribution in [1.82, 2.24) is 18.6 Å². The number of carbonyl (C=O) groups is 1. The Balaban J connectivity index is 1.39. The molecule has 1 aliphatic rings. The first-order valence-electron chi connectivity index (χ1n) is 7.27. The van der Waals surface area contributed by atoms with Gasteiger partial charge in [0.15, 0.2) is 0 Å². The number of aromatic nitrogens is 3. The molecule has 4 rings (SSSR count). The molecule has 0 atom stereocenters. The summed E-state index contributed by atoms with van der Waals surface area (Å²) in [4.78, 5) is 18.2. The maximum Gasteiger partial charge on any atom is 0.254 e. The van der Waals surface area contributed by atoms with Crippen LogP contribution in [0, 0.1) is 11.3 Å². The van der Waals surface area contributed by atoms with E-state index in [-0.39, 0.29) is 12.0 Å². The summed E-state index contributed by atoms with van der Waals surface area (Å²) in [5.74, 6) is 0.351. The van der Waals surface area contributed by atoms with E-state index >= 15 is 0 Å². The van der Waals surface area contributed by atoms with E-state index in [0.717, 1.165) is 22.8 Å². The lowest BCUT2D eigenvalue weighted by Crippen LogP contribution is -2.56. The summed E-state index contributed by atoms with van der Waals surface area (Å²) in [6.45, 7) is 0.981. The van der Waals surface area contributed by atoms with Crippen LogP contribution in [-0.4, -0.2) is 43.7 Å². The van der Waals surface area contributed by atoms with Crippen LogP contribution in [0.1, 0.15) is 15.9 Å². The van der Waals surface area contributed by atoms with Gasteiger partial charge in [-0.05, 0) is 24.3 Å².